The van der Waals surface area contributed by atoms with E-state index in [2.05, 4.69) is 10.3 Å². The number of aryl methyl sites for hydroxylation is 1. The minimum Gasteiger partial charge on any atom is -0.368 e. The molecule has 2 amide bonds. The van der Waals surface area contributed by atoms with Gasteiger partial charge in [0.25, 0.3) is 5.91 Å². The normalized spacial score (nSPS) is 12.5. The van der Waals surface area contributed by atoms with Crippen LogP contribution in [0.2, 0.25) is 0 Å². The molecular weight excluding hydrogens is 323 g/mol. The van der Waals surface area contributed by atoms with Gasteiger partial charge in [-0.3, -0.25) is 9.59 Å². The van der Waals surface area contributed by atoms with E-state index in [-0.39, 0.29) is 11.3 Å². The highest BCUT2D eigenvalue weighted by atomic mass is 19.4. The van der Waals surface area contributed by atoms with E-state index >= 15 is 0 Å². The van der Waals surface area contributed by atoms with Crippen LogP contribution in [0.3, 0.4) is 0 Å². The van der Waals surface area contributed by atoms with Crippen molar-refractivity contribution in [2.45, 2.75) is 19.1 Å². The number of hydrogen-bond donors (Lipinski definition) is 2. The second-order valence-electron chi connectivity index (χ2n) is 5.05. The number of nitrogens with zero attached hydrogens (tertiary/aromatic N) is 1. The molecule has 0 fully saturated rings. The number of amides is 2. The van der Waals surface area contributed by atoms with Crippen LogP contribution in [0.25, 0.3) is 0 Å². The highest BCUT2D eigenvalue weighted by Gasteiger charge is 2.33. The molecule has 1 aromatic heterocycles. The summed E-state index contributed by atoms with van der Waals surface area (Å²) < 4.78 is 37.8. The van der Waals surface area contributed by atoms with Crippen LogP contribution in [0, 0.1) is 6.92 Å². The van der Waals surface area contributed by atoms with Crippen molar-refractivity contribution in [3.63, 3.8) is 0 Å². The van der Waals surface area contributed by atoms with Crippen LogP contribution in [0.15, 0.2) is 42.5 Å². The molecule has 0 aliphatic heterocycles. The van der Waals surface area contributed by atoms with Gasteiger partial charge in [0, 0.05) is 0 Å². The minimum absolute atomic E-state index is 0.0646. The largest absolute Gasteiger partial charge is 0.433 e. The first-order chi connectivity index (χ1) is 11.2. The van der Waals surface area contributed by atoms with Gasteiger partial charge < -0.3 is 11.1 Å². The maximum Gasteiger partial charge on any atom is 0.433 e. The van der Waals surface area contributed by atoms with Crippen LogP contribution >= 0.6 is 0 Å². The van der Waals surface area contributed by atoms with E-state index in [0.717, 1.165) is 6.07 Å². The van der Waals surface area contributed by atoms with Gasteiger partial charge in [-0.05, 0) is 24.6 Å². The standard InChI is InChI=1S/C16H14F3N3O2/c1-9-11(7-8-12(21-9)16(17,18)19)15(24)22-13(14(20)23)10-5-3-2-4-6-10/h2-8,13H,1H3,(H2,20,23)(H,22,24)/t13-/m0/s1. The number of pyridine rings is 1. The van der Waals surface area contributed by atoms with Gasteiger partial charge in [0.15, 0.2) is 0 Å². The average molecular weight is 337 g/mol. The van der Waals surface area contributed by atoms with Crippen LogP contribution in [-0.4, -0.2) is 16.8 Å². The summed E-state index contributed by atoms with van der Waals surface area (Å²) in [5.41, 5.74) is 4.51. The smallest absolute Gasteiger partial charge is 0.368 e. The summed E-state index contributed by atoms with van der Waals surface area (Å²) in [6.07, 6.45) is -4.60. The summed E-state index contributed by atoms with van der Waals surface area (Å²) in [6, 6.07) is 8.91. The first-order valence-corrected chi connectivity index (χ1v) is 6.90. The number of benzene rings is 1. The second kappa shape index (κ2) is 6.69. The fourth-order valence-electron chi connectivity index (χ4n) is 2.13. The minimum atomic E-state index is -4.60. The van der Waals surface area contributed by atoms with E-state index in [4.69, 9.17) is 5.73 Å². The Morgan fingerprint density at radius 2 is 1.75 bits per heavy atom. The lowest BCUT2D eigenvalue weighted by atomic mass is 10.1. The molecule has 0 unspecified atom stereocenters. The maximum absolute atomic E-state index is 12.6. The van der Waals surface area contributed by atoms with Gasteiger partial charge >= 0.3 is 6.18 Å². The molecule has 1 atom stereocenters. The monoisotopic (exact) mass is 337 g/mol. The van der Waals surface area contributed by atoms with Crippen LogP contribution < -0.4 is 11.1 Å². The topological polar surface area (TPSA) is 85.1 Å². The quantitative estimate of drug-likeness (QED) is 0.898. The fraction of sp³-hybridized carbons (Fsp3) is 0.188. The van der Waals surface area contributed by atoms with Gasteiger partial charge in [-0.15, -0.1) is 0 Å². The Bertz CT molecular complexity index is 761. The van der Waals surface area contributed by atoms with E-state index in [1.54, 1.807) is 30.3 Å². The predicted octanol–water partition coefficient (Wildman–Crippen LogP) is 2.37. The first-order valence-electron chi connectivity index (χ1n) is 6.90. The van der Waals surface area contributed by atoms with Gasteiger partial charge in [-0.1, -0.05) is 30.3 Å². The van der Waals surface area contributed by atoms with Crippen LogP contribution in [0.5, 0.6) is 0 Å². The van der Waals surface area contributed by atoms with Crippen molar-refractivity contribution in [2.24, 2.45) is 5.73 Å². The Morgan fingerprint density at radius 1 is 1.12 bits per heavy atom. The summed E-state index contributed by atoms with van der Waals surface area (Å²) in [6.45, 7) is 1.28. The summed E-state index contributed by atoms with van der Waals surface area (Å²) in [5, 5.41) is 2.41. The zero-order valence-electron chi connectivity index (χ0n) is 12.6. The number of halogens is 3. The third kappa shape index (κ3) is 3.89. The van der Waals surface area contributed by atoms with E-state index in [0.29, 0.717) is 11.6 Å². The molecule has 0 aliphatic carbocycles. The molecule has 5 nitrogen and oxygen atoms in total. The molecule has 1 heterocycles. The van der Waals surface area contributed by atoms with Crippen molar-refractivity contribution in [3.8, 4) is 0 Å². The van der Waals surface area contributed by atoms with Crippen molar-refractivity contribution < 1.29 is 22.8 Å². The zero-order valence-corrected chi connectivity index (χ0v) is 12.6. The highest BCUT2D eigenvalue weighted by Crippen LogP contribution is 2.28. The SMILES string of the molecule is Cc1nc(C(F)(F)F)ccc1C(=O)N[C@H](C(N)=O)c1ccccc1. The molecule has 0 aliphatic rings. The Morgan fingerprint density at radius 3 is 2.25 bits per heavy atom. The lowest BCUT2D eigenvalue weighted by Gasteiger charge is -2.17. The van der Waals surface area contributed by atoms with Gasteiger partial charge in [-0.2, -0.15) is 13.2 Å². The fourth-order valence-corrected chi connectivity index (χ4v) is 2.13. The lowest BCUT2D eigenvalue weighted by Crippen LogP contribution is -2.37. The van der Waals surface area contributed by atoms with Gasteiger partial charge in [0.1, 0.15) is 11.7 Å². The van der Waals surface area contributed by atoms with E-state index < -0.39 is 29.7 Å². The third-order valence-electron chi connectivity index (χ3n) is 3.31. The van der Waals surface area contributed by atoms with Gasteiger partial charge in [-0.25, -0.2) is 4.98 Å². The van der Waals surface area contributed by atoms with E-state index in [9.17, 15) is 22.8 Å². The Balaban J connectivity index is 2.27. The number of carbonyl (C=O) groups is 2. The van der Waals surface area contributed by atoms with Crippen molar-refractivity contribution in [3.05, 3.63) is 65.0 Å². The number of aromatic nitrogens is 1. The molecule has 0 saturated carbocycles. The number of nitrogens with one attached hydrogen (secondary N) is 1. The molecule has 2 aromatic rings. The predicted molar refractivity (Wildman–Crippen MR) is 79.8 cm³/mol. The Labute approximate surface area is 135 Å². The summed E-state index contributed by atoms with van der Waals surface area (Å²) in [7, 11) is 0. The molecule has 2 rings (SSSR count). The molecular formula is C16H14F3N3O2. The number of rotatable bonds is 4. The summed E-state index contributed by atoms with van der Waals surface area (Å²) >= 11 is 0. The molecule has 24 heavy (non-hydrogen) atoms. The third-order valence-corrected chi connectivity index (χ3v) is 3.31. The summed E-state index contributed by atoms with van der Waals surface area (Å²) in [4.78, 5) is 27.2. The van der Waals surface area contributed by atoms with Crippen molar-refractivity contribution in [1.82, 2.24) is 10.3 Å². The molecule has 3 N–H and O–H groups in total. The van der Waals surface area contributed by atoms with E-state index in [1.165, 1.54) is 6.92 Å². The molecule has 0 radical (unpaired) electrons. The maximum atomic E-state index is 12.6. The average Bonchev–Trinajstić information content (AvgIpc) is 2.52. The number of alkyl halides is 3. The van der Waals surface area contributed by atoms with E-state index in [1.807, 2.05) is 0 Å². The zero-order chi connectivity index (χ0) is 17.9. The number of carbonyl (C=O) groups excluding carboxylic acids is 2. The Kier molecular flexibility index (Phi) is 4.87. The number of hydrogen-bond acceptors (Lipinski definition) is 3. The molecule has 0 bridgehead atoms. The second-order valence-corrected chi connectivity index (χ2v) is 5.05. The lowest BCUT2D eigenvalue weighted by molar-refractivity contribution is -0.141. The van der Waals surface area contributed by atoms with Crippen molar-refractivity contribution >= 4 is 11.8 Å². The molecule has 0 saturated heterocycles. The van der Waals surface area contributed by atoms with Crippen LogP contribution in [0.4, 0.5) is 13.2 Å². The van der Waals surface area contributed by atoms with Crippen LogP contribution in [0.1, 0.15) is 33.4 Å². The highest BCUT2D eigenvalue weighted by molar-refractivity contribution is 5.98. The van der Waals surface area contributed by atoms with Crippen LogP contribution in [-0.2, 0) is 11.0 Å². The molecule has 0 spiro atoms. The number of primary amides is 1. The molecule has 8 heteroatoms. The summed E-state index contributed by atoms with van der Waals surface area (Å²) in [5.74, 6) is -1.52. The Hall–Kier alpha value is -2.90. The van der Waals surface area contributed by atoms with Gasteiger partial charge in [0.2, 0.25) is 5.91 Å². The molecule has 126 valence electrons. The first kappa shape index (κ1) is 17.5. The van der Waals surface area contributed by atoms with Crippen molar-refractivity contribution in [1.29, 1.82) is 0 Å². The molecule has 1 aromatic carbocycles. The van der Waals surface area contributed by atoms with Crippen molar-refractivity contribution in [2.75, 3.05) is 0 Å². The number of nitrogens with two attached hydrogens (primary N) is 1. The van der Waals surface area contributed by atoms with Gasteiger partial charge in [0.05, 0.1) is 11.3 Å².